The van der Waals surface area contributed by atoms with Gasteiger partial charge in [0.25, 0.3) is 0 Å². The van der Waals surface area contributed by atoms with Crippen molar-refractivity contribution in [2.24, 2.45) is 0 Å². The fraction of sp³-hybridized carbons (Fsp3) is 0.533. The molecule has 5 heteroatoms. The third-order valence-electron chi connectivity index (χ3n) is 4.13. The molecule has 20 heavy (non-hydrogen) atoms. The molecule has 2 heterocycles. The van der Waals surface area contributed by atoms with Gasteiger partial charge in [-0.15, -0.1) is 0 Å². The lowest BCUT2D eigenvalue weighted by Crippen LogP contribution is -2.47. The summed E-state index contributed by atoms with van der Waals surface area (Å²) < 4.78 is 12.9. The number of carbonyl (C=O) groups is 1. The molecule has 0 bridgehead atoms. The Kier molecular flexibility index (Phi) is 3.87. The van der Waals surface area contributed by atoms with Gasteiger partial charge in [0, 0.05) is 32.2 Å². The van der Waals surface area contributed by atoms with Crippen LogP contribution in [0.5, 0.6) is 0 Å². The normalized spacial score (nSPS) is 23.4. The number of nitrogens with one attached hydrogen (secondary N) is 1. The van der Waals surface area contributed by atoms with Gasteiger partial charge in [0.2, 0.25) is 0 Å². The number of carbonyl (C=O) groups excluding carboxylic acids is 1. The Morgan fingerprint density at radius 2 is 2.05 bits per heavy atom. The van der Waals surface area contributed by atoms with E-state index in [0.29, 0.717) is 12.6 Å². The van der Waals surface area contributed by atoms with Gasteiger partial charge < -0.3 is 15.1 Å². The van der Waals surface area contributed by atoms with E-state index in [-0.39, 0.29) is 11.8 Å². The first kappa shape index (κ1) is 13.4. The average molecular weight is 277 g/mol. The highest BCUT2D eigenvalue weighted by Crippen LogP contribution is 2.19. The van der Waals surface area contributed by atoms with Gasteiger partial charge in [0.15, 0.2) is 0 Å². The number of benzene rings is 1. The zero-order valence-electron chi connectivity index (χ0n) is 11.5. The molecule has 2 amide bonds. The van der Waals surface area contributed by atoms with Crippen LogP contribution in [-0.4, -0.2) is 48.1 Å². The molecule has 0 saturated carbocycles. The van der Waals surface area contributed by atoms with Crippen molar-refractivity contribution in [3.05, 3.63) is 35.6 Å². The molecule has 3 rings (SSSR count). The van der Waals surface area contributed by atoms with E-state index in [0.717, 1.165) is 44.6 Å². The maximum Gasteiger partial charge on any atom is 0.320 e. The second-order valence-electron chi connectivity index (χ2n) is 5.52. The molecule has 0 radical (unpaired) electrons. The van der Waals surface area contributed by atoms with Crippen LogP contribution in [0, 0.1) is 5.82 Å². The Balaban J connectivity index is 1.61. The Morgan fingerprint density at radius 3 is 2.75 bits per heavy atom. The maximum atomic E-state index is 12.9. The summed E-state index contributed by atoms with van der Waals surface area (Å²) in [5.74, 6) is -0.239. The van der Waals surface area contributed by atoms with Crippen molar-refractivity contribution < 1.29 is 9.18 Å². The molecular formula is C15H20FN3O. The Labute approximate surface area is 118 Å². The van der Waals surface area contributed by atoms with Crippen LogP contribution in [0.1, 0.15) is 18.4 Å². The van der Waals surface area contributed by atoms with Gasteiger partial charge in [-0.2, -0.15) is 0 Å². The van der Waals surface area contributed by atoms with Crippen LogP contribution >= 0.6 is 0 Å². The Bertz CT molecular complexity index is 471. The van der Waals surface area contributed by atoms with Crippen molar-refractivity contribution in [1.82, 2.24) is 15.1 Å². The lowest BCUT2D eigenvalue weighted by atomic mass is 10.1. The van der Waals surface area contributed by atoms with E-state index in [1.807, 2.05) is 9.80 Å². The van der Waals surface area contributed by atoms with Gasteiger partial charge in [-0.3, -0.25) is 0 Å². The largest absolute Gasteiger partial charge is 0.320 e. The molecule has 4 nitrogen and oxygen atoms in total. The summed E-state index contributed by atoms with van der Waals surface area (Å²) in [7, 11) is 0. The van der Waals surface area contributed by atoms with Gasteiger partial charge in [0.05, 0.1) is 0 Å². The molecule has 0 unspecified atom stereocenters. The third kappa shape index (κ3) is 2.77. The number of rotatable bonds is 3. The van der Waals surface area contributed by atoms with E-state index >= 15 is 0 Å². The zero-order chi connectivity index (χ0) is 13.9. The highest BCUT2D eigenvalue weighted by atomic mass is 19.1. The predicted molar refractivity (Wildman–Crippen MR) is 74.8 cm³/mol. The first-order chi connectivity index (χ1) is 9.74. The molecule has 1 N–H and O–H groups in total. The van der Waals surface area contributed by atoms with Crippen molar-refractivity contribution in [3.63, 3.8) is 0 Å². The van der Waals surface area contributed by atoms with E-state index in [1.165, 1.54) is 12.1 Å². The minimum absolute atomic E-state index is 0.114. The first-order valence-corrected chi connectivity index (χ1v) is 7.25. The number of urea groups is 1. The van der Waals surface area contributed by atoms with Gasteiger partial charge >= 0.3 is 6.03 Å². The number of nitrogens with zero attached hydrogens (tertiary/aromatic N) is 2. The number of amides is 2. The number of hydrogen-bond acceptors (Lipinski definition) is 2. The topological polar surface area (TPSA) is 35.6 Å². The van der Waals surface area contributed by atoms with E-state index in [1.54, 1.807) is 12.1 Å². The number of piperidine rings is 1. The van der Waals surface area contributed by atoms with Crippen LogP contribution in [-0.2, 0) is 6.54 Å². The van der Waals surface area contributed by atoms with Crippen LogP contribution in [0.15, 0.2) is 24.3 Å². The summed E-state index contributed by atoms with van der Waals surface area (Å²) in [4.78, 5) is 16.3. The summed E-state index contributed by atoms with van der Waals surface area (Å²) in [6.45, 7) is 4.07. The minimum Gasteiger partial charge on any atom is -0.319 e. The first-order valence-electron chi connectivity index (χ1n) is 7.25. The molecule has 2 saturated heterocycles. The minimum atomic E-state index is -0.239. The highest BCUT2D eigenvalue weighted by molar-refractivity contribution is 5.77. The average Bonchev–Trinajstić information content (AvgIpc) is 2.84. The second kappa shape index (κ2) is 5.79. The molecular weight excluding hydrogens is 257 g/mol. The molecule has 2 fully saturated rings. The van der Waals surface area contributed by atoms with E-state index in [9.17, 15) is 9.18 Å². The summed E-state index contributed by atoms with van der Waals surface area (Å²) in [6.07, 6.45) is 2.22. The molecule has 108 valence electrons. The zero-order valence-corrected chi connectivity index (χ0v) is 11.5. The summed E-state index contributed by atoms with van der Waals surface area (Å²) in [5.41, 5.74) is 0.975. The Hall–Kier alpha value is -1.62. The fourth-order valence-corrected chi connectivity index (χ4v) is 3.00. The maximum absolute atomic E-state index is 12.9. The third-order valence-corrected chi connectivity index (χ3v) is 4.13. The standard InChI is InChI=1S/C15H20FN3O/c16-13-5-3-12(4-6-13)11-18-8-9-19(15(18)20)14-2-1-7-17-10-14/h3-6,14,17H,1-2,7-11H2/t14-/m1/s1. The summed E-state index contributed by atoms with van der Waals surface area (Å²) in [6, 6.07) is 6.82. The molecule has 2 aliphatic heterocycles. The molecule has 1 aromatic rings. The highest BCUT2D eigenvalue weighted by Gasteiger charge is 2.33. The van der Waals surface area contributed by atoms with Gasteiger partial charge in [0.1, 0.15) is 5.82 Å². The van der Waals surface area contributed by atoms with Crippen LogP contribution < -0.4 is 5.32 Å². The number of hydrogen-bond donors (Lipinski definition) is 1. The monoisotopic (exact) mass is 277 g/mol. The molecule has 2 aliphatic rings. The lowest BCUT2D eigenvalue weighted by molar-refractivity contribution is 0.166. The predicted octanol–water partition coefficient (Wildman–Crippen LogP) is 1.82. The fourth-order valence-electron chi connectivity index (χ4n) is 3.00. The number of halogens is 1. The Morgan fingerprint density at radius 1 is 1.25 bits per heavy atom. The van der Waals surface area contributed by atoms with Crippen molar-refractivity contribution in [2.45, 2.75) is 25.4 Å². The quantitative estimate of drug-likeness (QED) is 0.914. The van der Waals surface area contributed by atoms with Crippen molar-refractivity contribution >= 4 is 6.03 Å². The van der Waals surface area contributed by atoms with Gasteiger partial charge in [-0.1, -0.05) is 12.1 Å². The van der Waals surface area contributed by atoms with Crippen molar-refractivity contribution in [3.8, 4) is 0 Å². The van der Waals surface area contributed by atoms with Crippen LogP contribution in [0.3, 0.4) is 0 Å². The molecule has 1 atom stereocenters. The van der Waals surface area contributed by atoms with Crippen LogP contribution in [0.4, 0.5) is 9.18 Å². The molecule has 0 aromatic heterocycles. The molecule has 0 spiro atoms. The van der Waals surface area contributed by atoms with Crippen molar-refractivity contribution in [1.29, 1.82) is 0 Å². The van der Waals surface area contributed by atoms with E-state index in [4.69, 9.17) is 0 Å². The molecule has 0 aliphatic carbocycles. The summed E-state index contributed by atoms with van der Waals surface area (Å²) in [5, 5.41) is 3.35. The van der Waals surface area contributed by atoms with E-state index in [2.05, 4.69) is 5.32 Å². The lowest BCUT2D eigenvalue weighted by Gasteiger charge is -2.31. The van der Waals surface area contributed by atoms with E-state index < -0.39 is 0 Å². The van der Waals surface area contributed by atoms with Crippen molar-refractivity contribution in [2.75, 3.05) is 26.2 Å². The van der Waals surface area contributed by atoms with Crippen LogP contribution in [0.2, 0.25) is 0 Å². The molecule has 1 aromatic carbocycles. The second-order valence-corrected chi connectivity index (χ2v) is 5.52. The smallest absolute Gasteiger partial charge is 0.319 e. The van der Waals surface area contributed by atoms with Gasteiger partial charge in [-0.25, -0.2) is 9.18 Å². The summed E-state index contributed by atoms with van der Waals surface area (Å²) >= 11 is 0. The van der Waals surface area contributed by atoms with Crippen LogP contribution in [0.25, 0.3) is 0 Å². The van der Waals surface area contributed by atoms with Gasteiger partial charge in [-0.05, 0) is 37.1 Å². The SMILES string of the molecule is O=C1N(Cc2ccc(F)cc2)CCN1[C@@H]1CCCNC1.